The molecule has 1 aliphatic rings. The van der Waals surface area contributed by atoms with E-state index in [1.807, 2.05) is 42.5 Å². The normalized spacial score (nSPS) is 13.9. The number of oxazole rings is 1. The van der Waals surface area contributed by atoms with Crippen LogP contribution in [0.15, 0.2) is 65.1 Å². The quantitative estimate of drug-likeness (QED) is 0.417. The van der Waals surface area contributed by atoms with Gasteiger partial charge in [0.25, 0.3) is 6.01 Å². The summed E-state index contributed by atoms with van der Waals surface area (Å²) in [6.45, 7) is 1.03. The average Bonchev–Trinajstić information content (AvgIpc) is 3.38. The van der Waals surface area contributed by atoms with Gasteiger partial charge in [-0.3, -0.25) is 4.79 Å². The minimum atomic E-state index is -0.680. The van der Waals surface area contributed by atoms with E-state index in [4.69, 9.17) is 33.4 Å². The molecular weight excluding hydrogens is 447 g/mol. The second kappa shape index (κ2) is 8.47. The number of hydrogen-bond donors (Lipinski definition) is 2. The number of nitrogens with zero attached hydrogens (tertiary/aromatic N) is 2. The zero-order chi connectivity index (χ0) is 22.2. The first-order chi connectivity index (χ1) is 15.5. The third-order valence-corrected chi connectivity index (χ3v) is 6.14. The Morgan fingerprint density at radius 3 is 2.72 bits per heavy atom. The molecule has 3 N–H and O–H groups in total. The Morgan fingerprint density at radius 2 is 1.91 bits per heavy atom. The summed E-state index contributed by atoms with van der Waals surface area (Å²) in [5, 5.41) is 4.27. The van der Waals surface area contributed by atoms with E-state index < -0.39 is 6.04 Å². The van der Waals surface area contributed by atoms with Gasteiger partial charge in [-0.1, -0.05) is 47.5 Å². The van der Waals surface area contributed by atoms with Gasteiger partial charge in [0.15, 0.2) is 5.58 Å². The van der Waals surface area contributed by atoms with Crippen LogP contribution in [0.3, 0.4) is 0 Å². The second-order valence-corrected chi connectivity index (χ2v) is 8.68. The largest absolute Gasteiger partial charge is 0.423 e. The third kappa shape index (κ3) is 4.17. The maximum absolute atomic E-state index is 13.0. The van der Waals surface area contributed by atoms with Gasteiger partial charge in [0.1, 0.15) is 5.52 Å². The zero-order valence-corrected chi connectivity index (χ0v) is 18.5. The number of benzene rings is 3. The summed E-state index contributed by atoms with van der Waals surface area (Å²) in [5.74, 6) is -0.110. The molecule has 162 valence electrons. The number of nitrogens with two attached hydrogens (primary N) is 1. The van der Waals surface area contributed by atoms with Gasteiger partial charge in [0.05, 0.1) is 6.04 Å². The fourth-order valence-corrected chi connectivity index (χ4v) is 4.41. The molecule has 0 bridgehead atoms. The fraction of sp³-hybridized carbons (Fsp3) is 0.167. The van der Waals surface area contributed by atoms with Crippen molar-refractivity contribution in [3.8, 4) is 0 Å². The molecule has 4 aromatic rings. The molecule has 32 heavy (non-hydrogen) atoms. The van der Waals surface area contributed by atoms with E-state index in [1.165, 1.54) is 0 Å². The van der Waals surface area contributed by atoms with Crippen molar-refractivity contribution in [1.29, 1.82) is 0 Å². The van der Waals surface area contributed by atoms with Gasteiger partial charge in [0.2, 0.25) is 5.91 Å². The van der Waals surface area contributed by atoms with Crippen LogP contribution in [0.2, 0.25) is 10.0 Å². The van der Waals surface area contributed by atoms with Crippen LogP contribution in [0, 0.1) is 0 Å². The molecule has 1 atom stereocenters. The molecular formula is C24H20Cl2N4O2. The first-order valence-corrected chi connectivity index (χ1v) is 10.9. The maximum Gasteiger partial charge on any atom is 0.300 e. The SMILES string of the molecule is NC(Cc1ccc(Cl)cc1Cl)C(=O)N1Cc2ccc(Nc3nc4ccccc4o3)cc2C1. The Balaban J connectivity index is 1.26. The van der Waals surface area contributed by atoms with Gasteiger partial charge >= 0.3 is 0 Å². The second-order valence-electron chi connectivity index (χ2n) is 7.84. The fourth-order valence-electron chi connectivity index (χ4n) is 3.92. The standard InChI is InChI=1S/C24H20Cl2N4O2/c25-17-7-5-14(19(26)11-17)10-20(27)23(31)30-12-15-6-8-18(9-16(15)13-30)28-24-29-21-3-1-2-4-22(21)32-24/h1-9,11,20H,10,12-13,27H2,(H,28,29). The van der Waals surface area contributed by atoms with Crippen LogP contribution >= 0.6 is 23.2 Å². The number of rotatable bonds is 5. The molecule has 0 saturated carbocycles. The van der Waals surface area contributed by atoms with Gasteiger partial charge < -0.3 is 20.4 Å². The monoisotopic (exact) mass is 466 g/mol. The van der Waals surface area contributed by atoms with E-state index in [0.717, 1.165) is 33.5 Å². The minimum absolute atomic E-state index is 0.110. The first-order valence-electron chi connectivity index (χ1n) is 10.2. The highest BCUT2D eigenvalue weighted by molar-refractivity contribution is 6.35. The van der Waals surface area contributed by atoms with Gasteiger partial charge in [-0.05, 0) is 59.5 Å². The number of aromatic nitrogens is 1. The van der Waals surface area contributed by atoms with Gasteiger partial charge in [0, 0.05) is 28.8 Å². The number of amides is 1. The zero-order valence-electron chi connectivity index (χ0n) is 17.0. The van der Waals surface area contributed by atoms with Gasteiger partial charge in [-0.15, -0.1) is 0 Å². The molecule has 1 unspecified atom stereocenters. The molecule has 1 amide bonds. The minimum Gasteiger partial charge on any atom is -0.423 e. The molecule has 8 heteroatoms. The Morgan fingerprint density at radius 1 is 1.09 bits per heavy atom. The highest BCUT2D eigenvalue weighted by Gasteiger charge is 2.28. The molecule has 0 aliphatic carbocycles. The molecule has 6 nitrogen and oxygen atoms in total. The van der Waals surface area contributed by atoms with Crippen LogP contribution in [0.4, 0.5) is 11.7 Å². The highest BCUT2D eigenvalue weighted by atomic mass is 35.5. The van der Waals surface area contributed by atoms with Crippen molar-refractivity contribution >= 4 is 51.9 Å². The molecule has 0 radical (unpaired) electrons. The molecule has 0 saturated heterocycles. The molecule has 0 spiro atoms. The number of carbonyl (C=O) groups is 1. The van der Waals surface area contributed by atoms with E-state index in [1.54, 1.807) is 23.1 Å². The number of para-hydroxylation sites is 2. The van der Waals surface area contributed by atoms with Crippen molar-refractivity contribution in [1.82, 2.24) is 9.88 Å². The van der Waals surface area contributed by atoms with Crippen LogP contribution in [-0.2, 0) is 24.3 Å². The summed E-state index contributed by atoms with van der Waals surface area (Å²) in [4.78, 5) is 19.2. The predicted molar refractivity (Wildman–Crippen MR) is 126 cm³/mol. The molecule has 3 aromatic carbocycles. The van der Waals surface area contributed by atoms with Crippen LogP contribution in [-0.4, -0.2) is 21.8 Å². The summed E-state index contributed by atoms with van der Waals surface area (Å²) in [6, 6.07) is 18.5. The lowest BCUT2D eigenvalue weighted by atomic mass is 10.1. The number of anilines is 2. The Labute approximate surface area is 194 Å². The van der Waals surface area contributed by atoms with Crippen LogP contribution < -0.4 is 11.1 Å². The molecule has 1 aromatic heterocycles. The van der Waals surface area contributed by atoms with Crippen molar-refractivity contribution in [3.05, 3.63) is 87.4 Å². The lowest BCUT2D eigenvalue weighted by molar-refractivity contribution is -0.133. The first kappa shape index (κ1) is 20.8. The lowest BCUT2D eigenvalue weighted by Crippen LogP contribution is -2.42. The maximum atomic E-state index is 13.0. The number of carbonyl (C=O) groups excluding carboxylic acids is 1. The summed E-state index contributed by atoms with van der Waals surface area (Å²) in [5.41, 5.74) is 11.6. The van der Waals surface area contributed by atoms with Crippen molar-refractivity contribution in [2.75, 3.05) is 5.32 Å². The van der Waals surface area contributed by atoms with Crippen molar-refractivity contribution in [2.45, 2.75) is 25.6 Å². The molecule has 2 heterocycles. The van der Waals surface area contributed by atoms with E-state index >= 15 is 0 Å². The lowest BCUT2D eigenvalue weighted by Gasteiger charge is -2.20. The number of nitrogens with one attached hydrogen (secondary N) is 1. The summed E-state index contributed by atoms with van der Waals surface area (Å²) < 4.78 is 5.73. The van der Waals surface area contributed by atoms with E-state index in [-0.39, 0.29) is 5.91 Å². The Bertz CT molecular complexity index is 1290. The molecule has 0 fully saturated rings. The van der Waals surface area contributed by atoms with E-state index in [0.29, 0.717) is 35.6 Å². The van der Waals surface area contributed by atoms with Crippen molar-refractivity contribution < 1.29 is 9.21 Å². The Kier molecular flexibility index (Phi) is 5.51. The summed E-state index contributed by atoms with van der Waals surface area (Å²) >= 11 is 12.2. The van der Waals surface area contributed by atoms with Crippen molar-refractivity contribution in [3.63, 3.8) is 0 Å². The van der Waals surface area contributed by atoms with E-state index in [2.05, 4.69) is 10.3 Å². The number of fused-ring (bicyclic) bond motifs is 2. The summed E-state index contributed by atoms with van der Waals surface area (Å²) in [6.07, 6.45) is 0.353. The number of hydrogen-bond acceptors (Lipinski definition) is 5. The van der Waals surface area contributed by atoms with Crippen LogP contribution in [0.1, 0.15) is 16.7 Å². The third-order valence-electron chi connectivity index (χ3n) is 5.56. The topological polar surface area (TPSA) is 84.4 Å². The van der Waals surface area contributed by atoms with Gasteiger partial charge in [-0.2, -0.15) is 4.98 Å². The number of halogens is 2. The highest BCUT2D eigenvalue weighted by Crippen LogP contribution is 2.29. The molecule has 1 aliphatic heterocycles. The average molecular weight is 467 g/mol. The van der Waals surface area contributed by atoms with Crippen LogP contribution in [0.5, 0.6) is 0 Å². The van der Waals surface area contributed by atoms with Gasteiger partial charge in [-0.25, -0.2) is 0 Å². The summed E-state index contributed by atoms with van der Waals surface area (Å²) in [7, 11) is 0. The smallest absolute Gasteiger partial charge is 0.300 e. The Hall–Kier alpha value is -3.06. The van der Waals surface area contributed by atoms with Crippen LogP contribution in [0.25, 0.3) is 11.1 Å². The predicted octanol–water partition coefficient (Wildman–Crippen LogP) is 5.29. The molecule has 5 rings (SSSR count). The van der Waals surface area contributed by atoms with E-state index in [9.17, 15) is 4.79 Å². The van der Waals surface area contributed by atoms with Crippen molar-refractivity contribution in [2.24, 2.45) is 5.73 Å².